The standard InChI is InChI=1S/C15H12Cl2N2O3/c1-22-14(20)9-5-7-10(8-6-9)18-15(21)19-13-11(16)3-2-4-12(13)17/h2-8H,1H3,(H2,18,19,21). The molecule has 0 saturated heterocycles. The van der Waals surface area contributed by atoms with Gasteiger partial charge in [-0.2, -0.15) is 0 Å². The molecule has 0 heterocycles. The average molecular weight is 339 g/mol. The first-order valence-corrected chi connectivity index (χ1v) is 6.97. The minimum atomic E-state index is -0.499. The van der Waals surface area contributed by atoms with Crippen LogP contribution in [-0.4, -0.2) is 19.1 Å². The van der Waals surface area contributed by atoms with Gasteiger partial charge in [-0.3, -0.25) is 0 Å². The van der Waals surface area contributed by atoms with Crippen LogP contribution in [-0.2, 0) is 4.74 Å². The van der Waals surface area contributed by atoms with Crippen molar-refractivity contribution in [2.75, 3.05) is 17.7 Å². The number of methoxy groups -OCH3 is 1. The Bertz CT molecular complexity index is 682. The minimum Gasteiger partial charge on any atom is -0.465 e. The number of ether oxygens (including phenoxy) is 1. The third kappa shape index (κ3) is 3.90. The highest BCUT2D eigenvalue weighted by Crippen LogP contribution is 2.29. The number of carbonyl (C=O) groups excluding carboxylic acids is 2. The second-order valence-corrected chi connectivity index (χ2v) is 5.06. The average Bonchev–Trinajstić information content (AvgIpc) is 2.51. The Labute approximate surface area is 137 Å². The van der Waals surface area contributed by atoms with Gasteiger partial charge in [0.05, 0.1) is 28.4 Å². The lowest BCUT2D eigenvalue weighted by Gasteiger charge is -2.10. The molecule has 22 heavy (non-hydrogen) atoms. The zero-order valence-corrected chi connectivity index (χ0v) is 13.0. The number of rotatable bonds is 3. The molecule has 2 N–H and O–H groups in total. The molecule has 0 saturated carbocycles. The number of halogens is 2. The topological polar surface area (TPSA) is 67.4 Å². The molecular formula is C15H12Cl2N2O3. The maximum absolute atomic E-state index is 11.9. The van der Waals surface area contributed by atoms with E-state index in [1.165, 1.54) is 7.11 Å². The summed E-state index contributed by atoms with van der Waals surface area (Å²) in [4.78, 5) is 23.2. The van der Waals surface area contributed by atoms with Gasteiger partial charge in [-0.05, 0) is 36.4 Å². The summed E-state index contributed by atoms with van der Waals surface area (Å²) in [7, 11) is 1.30. The van der Waals surface area contributed by atoms with Crippen molar-refractivity contribution >= 4 is 46.6 Å². The Morgan fingerprint density at radius 2 is 1.55 bits per heavy atom. The highest BCUT2D eigenvalue weighted by Gasteiger charge is 2.10. The van der Waals surface area contributed by atoms with Crippen molar-refractivity contribution in [3.05, 3.63) is 58.1 Å². The van der Waals surface area contributed by atoms with E-state index in [1.807, 2.05) is 0 Å². The SMILES string of the molecule is COC(=O)c1ccc(NC(=O)Nc2c(Cl)cccc2Cl)cc1. The van der Waals surface area contributed by atoms with E-state index in [0.29, 0.717) is 27.0 Å². The largest absolute Gasteiger partial charge is 0.465 e. The van der Waals surface area contributed by atoms with Gasteiger partial charge < -0.3 is 15.4 Å². The quantitative estimate of drug-likeness (QED) is 0.813. The van der Waals surface area contributed by atoms with Gasteiger partial charge in [0, 0.05) is 5.69 Å². The van der Waals surface area contributed by atoms with Crippen molar-refractivity contribution in [2.24, 2.45) is 0 Å². The summed E-state index contributed by atoms with van der Waals surface area (Å²) >= 11 is 11.9. The van der Waals surface area contributed by atoms with E-state index < -0.39 is 12.0 Å². The van der Waals surface area contributed by atoms with Crippen LogP contribution in [0.4, 0.5) is 16.2 Å². The molecule has 0 atom stereocenters. The van der Waals surface area contributed by atoms with Crippen molar-refractivity contribution in [3.8, 4) is 0 Å². The molecule has 2 amide bonds. The van der Waals surface area contributed by atoms with E-state index in [1.54, 1.807) is 42.5 Å². The van der Waals surface area contributed by atoms with Gasteiger partial charge in [0.1, 0.15) is 0 Å². The normalized spacial score (nSPS) is 9.95. The Kier molecular flexibility index (Phi) is 5.25. The molecule has 0 aromatic heterocycles. The van der Waals surface area contributed by atoms with E-state index in [-0.39, 0.29) is 0 Å². The van der Waals surface area contributed by atoms with Crippen molar-refractivity contribution in [3.63, 3.8) is 0 Å². The van der Waals surface area contributed by atoms with Crippen LogP contribution >= 0.6 is 23.2 Å². The number of hydrogen-bond donors (Lipinski definition) is 2. The number of benzene rings is 2. The lowest BCUT2D eigenvalue weighted by atomic mass is 10.2. The maximum Gasteiger partial charge on any atom is 0.337 e. The van der Waals surface area contributed by atoms with Crippen molar-refractivity contribution < 1.29 is 14.3 Å². The van der Waals surface area contributed by atoms with Gasteiger partial charge in [0.25, 0.3) is 0 Å². The number of carbonyl (C=O) groups is 2. The first-order chi connectivity index (χ1) is 10.5. The molecule has 0 aliphatic carbocycles. The first kappa shape index (κ1) is 16.1. The van der Waals surface area contributed by atoms with Crippen LogP contribution in [0.25, 0.3) is 0 Å². The van der Waals surface area contributed by atoms with E-state index >= 15 is 0 Å². The highest BCUT2D eigenvalue weighted by atomic mass is 35.5. The molecule has 0 aliphatic rings. The van der Waals surface area contributed by atoms with Gasteiger partial charge in [0.15, 0.2) is 0 Å². The first-order valence-electron chi connectivity index (χ1n) is 6.21. The summed E-state index contributed by atoms with van der Waals surface area (Å²) in [5, 5.41) is 5.85. The maximum atomic E-state index is 11.9. The van der Waals surface area contributed by atoms with Crippen LogP contribution in [0.1, 0.15) is 10.4 Å². The summed E-state index contributed by atoms with van der Waals surface area (Å²) < 4.78 is 4.59. The van der Waals surface area contributed by atoms with Crippen molar-refractivity contribution in [1.82, 2.24) is 0 Å². The van der Waals surface area contributed by atoms with Gasteiger partial charge in [-0.1, -0.05) is 29.3 Å². The number of amides is 2. The summed E-state index contributed by atoms with van der Waals surface area (Å²) in [6.45, 7) is 0. The molecule has 2 aromatic rings. The molecule has 0 unspecified atom stereocenters. The van der Waals surface area contributed by atoms with E-state index in [9.17, 15) is 9.59 Å². The number of nitrogens with one attached hydrogen (secondary N) is 2. The predicted octanol–water partition coefficient (Wildman–Crippen LogP) is 4.42. The monoisotopic (exact) mass is 338 g/mol. The molecule has 0 fully saturated rings. The molecule has 7 heteroatoms. The van der Waals surface area contributed by atoms with Gasteiger partial charge >= 0.3 is 12.0 Å². The second-order valence-electron chi connectivity index (χ2n) is 4.24. The fourth-order valence-electron chi connectivity index (χ4n) is 1.70. The summed E-state index contributed by atoms with van der Waals surface area (Å²) in [6, 6.07) is 10.7. The van der Waals surface area contributed by atoms with Crippen molar-refractivity contribution in [2.45, 2.75) is 0 Å². The summed E-state index contributed by atoms with van der Waals surface area (Å²) in [6.07, 6.45) is 0. The molecule has 0 bridgehead atoms. The molecule has 0 spiro atoms. The molecule has 0 radical (unpaired) electrons. The van der Waals surface area contributed by atoms with Crippen LogP contribution in [0.3, 0.4) is 0 Å². The van der Waals surface area contributed by atoms with E-state index in [0.717, 1.165) is 0 Å². The van der Waals surface area contributed by atoms with Crippen LogP contribution in [0.2, 0.25) is 10.0 Å². The molecule has 2 aromatic carbocycles. The predicted molar refractivity (Wildman–Crippen MR) is 86.9 cm³/mol. The zero-order chi connectivity index (χ0) is 16.1. The lowest BCUT2D eigenvalue weighted by molar-refractivity contribution is 0.0601. The Morgan fingerprint density at radius 3 is 2.09 bits per heavy atom. The van der Waals surface area contributed by atoms with Crippen molar-refractivity contribution in [1.29, 1.82) is 0 Å². The number of anilines is 2. The van der Waals surface area contributed by atoms with Gasteiger partial charge in [0.2, 0.25) is 0 Å². The molecule has 0 aliphatic heterocycles. The van der Waals surface area contributed by atoms with Crippen LogP contribution in [0.15, 0.2) is 42.5 Å². The lowest BCUT2D eigenvalue weighted by Crippen LogP contribution is -2.19. The number of esters is 1. The van der Waals surface area contributed by atoms with Crippen LogP contribution in [0.5, 0.6) is 0 Å². The summed E-state index contributed by atoms with van der Waals surface area (Å²) in [5.41, 5.74) is 1.23. The number of hydrogen-bond acceptors (Lipinski definition) is 3. The second kappa shape index (κ2) is 7.15. The smallest absolute Gasteiger partial charge is 0.337 e. The molecule has 5 nitrogen and oxygen atoms in total. The van der Waals surface area contributed by atoms with E-state index in [2.05, 4.69) is 15.4 Å². The van der Waals surface area contributed by atoms with E-state index in [4.69, 9.17) is 23.2 Å². The van der Waals surface area contributed by atoms with Gasteiger partial charge in [-0.15, -0.1) is 0 Å². The number of para-hydroxylation sites is 1. The minimum absolute atomic E-state index is 0.328. The van der Waals surface area contributed by atoms with Crippen LogP contribution < -0.4 is 10.6 Å². The molecule has 114 valence electrons. The van der Waals surface area contributed by atoms with Crippen LogP contribution in [0, 0.1) is 0 Å². The number of urea groups is 1. The fourth-order valence-corrected chi connectivity index (χ4v) is 2.19. The molecule has 2 rings (SSSR count). The third-order valence-electron chi connectivity index (χ3n) is 2.77. The third-order valence-corrected chi connectivity index (χ3v) is 3.40. The summed E-state index contributed by atoms with van der Waals surface area (Å²) in [5.74, 6) is -0.446. The zero-order valence-electron chi connectivity index (χ0n) is 11.5. The highest BCUT2D eigenvalue weighted by molar-refractivity contribution is 6.39. The fraction of sp³-hybridized carbons (Fsp3) is 0.0667. The Balaban J connectivity index is 2.05. The Morgan fingerprint density at radius 1 is 0.955 bits per heavy atom. The molecular weight excluding hydrogens is 327 g/mol. The van der Waals surface area contributed by atoms with Gasteiger partial charge in [-0.25, -0.2) is 9.59 Å². The Hall–Kier alpha value is -2.24.